The van der Waals surface area contributed by atoms with Gasteiger partial charge in [-0.1, -0.05) is 48.5 Å². The van der Waals surface area contributed by atoms with Crippen molar-refractivity contribution in [3.05, 3.63) is 77.5 Å². The van der Waals surface area contributed by atoms with E-state index in [0.29, 0.717) is 16.4 Å². The second-order valence-corrected chi connectivity index (χ2v) is 11.1. The van der Waals surface area contributed by atoms with Gasteiger partial charge in [0.2, 0.25) is 0 Å². The Hall–Kier alpha value is -2.52. The molecule has 5 atom stereocenters. The Morgan fingerprint density at radius 3 is 2.40 bits per heavy atom. The van der Waals surface area contributed by atoms with Crippen LogP contribution in [0.2, 0.25) is 0 Å². The van der Waals surface area contributed by atoms with Gasteiger partial charge in [0.05, 0.1) is 17.5 Å². The highest BCUT2D eigenvalue weighted by molar-refractivity contribution is 7.68. The molecule has 0 aromatic heterocycles. The van der Waals surface area contributed by atoms with Crippen molar-refractivity contribution in [3.8, 4) is 0 Å². The molecule has 0 aliphatic carbocycles. The van der Waals surface area contributed by atoms with E-state index in [4.69, 9.17) is 29.2 Å². The second-order valence-electron chi connectivity index (χ2n) is 9.09. The van der Waals surface area contributed by atoms with Crippen molar-refractivity contribution in [2.75, 3.05) is 13.2 Å². The maximum atomic E-state index is 14.2. The van der Waals surface area contributed by atoms with Gasteiger partial charge in [-0.2, -0.15) is 0 Å². The first-order chi connectivity index (χ1) is 16.7. The molecule has 10 heteroatoms. The third-order valence-corrected chi connectivity index (χ3v) is 8.75. The SMILES string of the molecule is CCOP1(=O)N[C@]2(C(N)=C1c1ccccc1)[C@@H](COC(=O)c1ccccc1)O[C@@H]1OC(C)(C)O[C@@H]12. The van der Waals surface area contributed by atoms with Gasteiger partial charge in [0, 0.05) is 5.70 Å². The zero-order chi connectivity index (χ0) is 24.8. The number of esters is 1. The lowest BCUT2D eigenvalue weighted by Crippen LogP contribution is -2.60. The van der Waals surface area contributed by atoms with Crippen LogP contribution >= 0.6 is 7.52 Å². The van der Waals surface area contributed by atoms with Crippen LogP contribution in [0.5, 0.6) is 0 Å². The van der Waals surface area contributed by atoms with Crippen molar-refractivity contribution in [1.29, 1.82) is 0 Å². The van der Waals surface area contributed by atoms with E-state index in [0.717, 1.165) is 0 Å². The van der Waals surface area contributed by atoms with Crippen LogP contribution in [0.1, 0.15) is 36.7 Å². The largest absolute Gasteiger partial charge is 0.459 e. The molecule has 3 heterocycles. The summed E-state index contributed by atoms with van der Waals surface area (Å²) in [7, 11) is -3.66. The van der Waals surface area contributed by atoms with E-state index in [1.54, 1.807) is 45.0 Å². The lowest BCUT2D eigenvalue weighted by Gasteiger charge is -2.36. The van der Waals surface area contributed by atoms with Crippen molar-refractivity contribution < 1.29 is 32.8 Å². The molecule has 35 heavy (non-hydrogen) atoms. The minimum Gasteiger partial charge on any atom is -0.459 e. The minimum absolute atomic E-state index is 0.171. The molecule has 9 nitrogen and oxygen atoms in total. The first-order valence-corrected chi connectivity index (χ1v) is 13.2. The van der Waals surface area contributed by atoms with E-state index >= 15 is 0 Å². The van der Waals surface area contributed by atoms with Crippen molar-refractivity contribution in [2.45, 2.75) is 50.6 Å². The van der Waals surface area contributed by atoms with E-state index in [-0.39, 0.29) is 18.9 Å². The Bertz CT molecular complexity index is 1190. The summed E-state index contributed by atoms with van der Waals surface area (Å²) in [6.07, 6.45) is -2.43. The number of hydrogen-bond donors (Lipinski definition) is 2. The monoisotopic (exact) mass is 500 g/mol. The predicted molar refractivity (Wildman–Crippen MR) is 128 cm³/mol. The van der Waals surface area contributed by atoms with Crippen LogP contribution in [0.25, 0.3) is 5.31 Å². The fraction of sp³-hybridized carbons (Fsp3) is 0.400. The van der Waals surface area contributed by atoms with Gasteiger partial charge in [-0.25, -0.2) is 9.88 Å². The average molecular weight is 500 g/mol. The summed E-state index contributed by atoms with van der Waals surface area (Å²) < 4.78 is 44.0. The number of hydrogen-bond acceptors (Lipinski definition) is 8. The molecule has 5 rings (SSSR count). The Balaban J connectivity index is 1.56. The molecule has 2 fully saturated rings. The standard InChI is InChI=1S/C25H29N2O7P/c1-4-31-35(29)19(16-11-7-5-8-12-16)20(26)25(27-35)18(32-23-21(25)33-24(2,3)34-23)15-30-22(28)17-13-9-6-10-14-17/h5-14,18,21,23H,4,15,26H2,1-3H3,(H,27,29)/t18-,21+,23-,25+,35?/m1/s1. The van der Waals surface area contributed by atoms with Crippen LogP contribution in [-0.4, -0.2) is 49.0 Å². The summed E-state index contributed by atoms with van der Waals surface area (Å²) in [6, 6.07) is 17.8. The van der Waals surface area contributed by atoms with Gasteiger partial charge in [-0.05, 0) is 38.5 Å². The molecular formula is C25H29N2O7P. The van der Waals surface area contributed by atoms with Crippen LogP contribution in [0, 0.1) is 0 Å². The summed E-state index contributed by atoms with van der Waals surface area (Å²) in [5.74, 6) is -1.47. The molecular weight excluding hydrogens is 471 g/mol. The number of carbonyl (C=O) groups is 1. The van der Waals surface area contributed by atoms with Crippen LogP contribution < -0.4 is 10.8 Å². The van der Waals surface area contributed by atoms with Crippen molar-refractivity contribution in [2.24, 2.45) is 5.73 Å². The van der Waals surface area contributed by atoms with Gasteiger partial charge in [0.15, 0.2) is 12.1 Å². The predicted octanol–water partition coefficient (Wildman–Crippen LogP) is 3.62. The smallest absolute Gasteiger partial charge is 0.338 e. The lowest BCUT2D eigenvalue weighted by atomic mass is 9.85. The number of fused-ring (bicyclic) bond motifs is 2. The third kappa shape index (κ3) is 4.02. The number of nitrogens with two attached hydrogens (primary N) is 1. The number of ether oxygens (including phenoxy) is 4. The van der Waals surface area contributed by atoms with Crippen molar-refractivity contribution in [1.82, 2.24) is 5.09 Å². The highest BCUT2D eigenvalue weighted by Crippen LogP contribution is 2.67. The lowest BCUT2D eigenvalue weighted by molar-refractivity contribution is -0.214. The van der Waals surface area contributed by atoms with Gasteiger partial charge in [0.25, 0.3) is 0 Å². The topological polar surface area (TPSA) is 118 Å². The average Bonchev–Trinajstić information content (AvgIpc) is 3.37. The molecule has 3 aliphatic rings. The molecule has 3 N–H and O–H groups in total. The zero-order valence-corrected chi connectivity index (χ0v) is 20.7. The molecule has 1 spiro atoms. The fourth-order valence-corrected chi connectivity index (χ4v) is 7.49. The van der Waals surface area contributed by atoms with Gasteiger partial charge in [0.1, 0.15) is 24.4 Å². The maximum Gasteiger partial charge on any atom is 0.338 e. The van der Waals surface area contributed by atoms with Crippen molar-refractivity contribution >= 4 is 18.8 Å². The van der Waals surface area contributed by atoms with E-state index in [9.17, 15) is 9.36 Å². The molecule has 0 bridgehead atoms. The van der Waals surface area contributed by atoms with Crippen molar-refractivity contribution in [3.63, 3.8) is 0 Å². The normalized spacial score (nSPS) is 33.3. The highest BCUT2D eigenvalue weighted by atomic mass is 31.2. The number of rotatable bonds is 6. The van der Waals surface area contributed by atoms with Crippen LogP contribution in [0.4, 0.5) is 0 Å². The maximum absolute atomic E-state index is 14.2. The first kappa shape index (κ1) is 24.2. The summed E-state index contributed by atoms with van der Waals surface area (Å²) in [4.78, 5) is 12.7. The number of carbonyl (C=O) groups excluding carboxylic acids is 1. The van der Waals surface area contributed by atoms with Gasteiger partial charge < -0.3 is 29.2 Å². The van der Waals surface area contributed by atoms with Gasteiger partial charge in [-0.3, -0.25) is 4.57 Å². The Morgan fingerprint density at radius 2 is 1.74 bits per heavy atom. The molecule has 2 aromatic carbocycles. The fourth-order valence-electron chi connectivity index (χ4n) is 4.95. The molecule has 0 saturated carbocycles. The number of nitrogens with one attached hydrogen (secondary N) is 1. The molecule has 2 saturated heterocycles. The molecule has 1 unspecified atom stereocenters. The summed E-state index contributed by atoms with van der Waals surface area (Å²) >= 11 is 0. The molecule has 3 aliphatic heterocycles. The third-order valence-electron chi connectivity index (χ3n) is 6.37. The zero-order valence-electron chi connectivity index (χ0n) is 19.8. The molecule has 186 valence electrons. The summed E-state index contributed by atoms with van der Waals surface area (Å²) in [6.45, 7) is 5.31. The summed E-state index contributed by atoms with van der Waals surface area (Å²) in [5, 5.41) is 3.54. The molecule has 0 amide bonds. The first-order valence-electron chi connectivity index (χ1n) is 11.5. The van der Waals surface area contributed by atoms with Crippen LogP contribution in [-0.2, 0) is 28.0 Å². The van der Waals surface area contributed by atoms with Gasteiger partial charge in [-0.15, -0.1) is 0 Å². The Morgan fingerprint density at radius 1 is 1.09 bits per heavy atom. The van der Waals surface area contributed by atoms with E-state index in [1.165, 1.54) is 0 Å². The molecule has 0 radical (unpaired) electrons. The summed E-state index contributed by atoms with van der Waals surface area (Å²) in [5.41, 5.74) is 6.83. The van der Waals surface area contributed by atoms with Crippen LogP contribution in [0.3, 0.4) is 0 Å². The second kappa shape index (κ2) is 8.85. The van der Waals surface area contributed by atoms with E-state index < -0.39 is 43.3 Å². The minimum atomic E-state index is -3.66. The molecule has 2 aromatic rings. The van der Waals surface area contributed by atoms with E-state index in [1.807, 2.05) is 36.4 Å². The van der Waals surface area contributed by atoms with E-state index in [2.05, 4.69) is 5.09 Å². The Labute approximate surface area is 204 Å². The number of benzene rings is 2. The quantitative estimate of drug-likeness (QED) is 0.453. The van der Waals surface area contributed by atoms with Crippen LogP contribution in [0.15, 0.2) is 66.4 Å². The highest BCUT2D eigenvalue weighted by Gasteiger charge is 2.70. The Kier molecular flexibility index (Phi) is 6.12. The van der Waals surface area contributed by atoms with Gasteiger partial charge >= 0.3 is 13.5 Å².